The van der Waals surface area contributed by atoms with E-state index in [0.29, 0.717) is 11.3 Å². The van der Waals surface area contributed by atoms with Gasteiger partial charge in [0.05, 0.1) is 7.11 Å². The number of nitrogens with one attached hydrogen (secondary N) is 1. The Hall–Kier alpha value is -1.62. The van der Waals surface area contributed by atoms with E-state index in [-0.39, 0.29) is 5.75 Å². The van der Waals surface area contributed by atoms with Crippen LogP contribution in [-0.4, -0.2) is 26.8 Å². The summed E-state index contributed by atoms with van der Waals surface area (Å²) in [6.07, 6.45) is 2.70. The van der Waals surface area contributed by atoms with Gasteiger partial charge in [-0.25, -0.2) is 0 Å². The van der Waals surface area contributed by atoms with E-state index < -0.39 is 6.61 Å². The van der Waals surface area contributed by atoms with Crippen LogP contribution in [0.2, 0.25) is 0 Å². The van der Waals surface area contributed by atoms with Gasteiger partial charge in [0.2, 0.25) is 0 Å². The molecule has 0 aliphatic carbocycles. The van der Waals surface area contributed by atoms with Crippen molar-refractivity contribution in [1.29, 1.82) is 0 Å². The number of hydrogen-bond donors (Lipinski definition) is 1. The molecule has 20 heavy (non-hydrogen) atoms. The number of methoxy groups -OCH3 is 1. The zero-order valence-corrected chi connectivity index (χ0v) is 12.1. The van der Waals surface area contributed by atoms with Crippen LogP contribution in [0, 0.1) is 0 Å². The molecule has 0 aromatic heterocycles. The first-order valence-electron chi connectivity index (χ1n) is 6.64. The summed E-state index contributed by atoms with van der Waals surface area (Å²) < 4.78 is 34.7. The molecule has 0 unspecified atom stereocenters. The molecule has 112 valence electrons. The molecular formula is C15H21F2NO2. The normalized spacial score (nSPS) is 11.8. The summed E-state index contributed by atoms with van der Waals surface area (Å²) in [4.78, 5) is 0. The monoisotopic (exact) mass is 285 g/mol. The van der Waals surface area contributed by atoms with E-state index in [1.807, 2.05) is 19.9 Å². The van der Waals surface area contributed by atoms with E-state index in [0.717, 1.165) is 25.1 Å². The van der Waals surface area contributed by atoms with Gasteiger partial charge in [-0.3, -0.25) is 0 Å². The van der Waals surface area contributed by atoms with E-state index in [4.69, 9.17) is 4.74 Å². The molecule has 1 aromatic rings. The summed E-state index contributed by atoms with van der Waals surface area (Å²) in [7, 11) is 1.43. The summed E-state index contributed by atoms with van der Waals surface area (Å²) in [6, 6.07) is 5.09. The molecule has 5 heteroatoms. The first-order chi connectivity index (χ1) is 9.62. The Bertz CT molecular complexity index is 447. The van der Waals surface area contributed by atoms with Gasteiger partial charge in [-0.1, -0.05) is 37.6 Å². The van der Waals surface area contributed by atoms with Gasteiger partial charge in [0.25, 0.3) is 0 Å². The van der Waals surface area contributed by atoms with Crippen molar-refractivity contribution < 1.29 is 18.3 Å². The molecule has 0 amide bonds. The van der Waals surface area contributed by atoms with E-state index in [9.17, 15) is 8.78 Å². The average molecular weight is 285 g/mol. The number of benzene rings is 1. The molecular weight excluding hydrogens is 264 g/mol. The number of likely N-dealkylation sites (N-methyl/N-ethyl adjacent to an activating group) is 1. The Morgan fingerprint density at radius 1 is 1.35 bits per heavy atom. The third kappa shape index (κ3) is 4.81. The summed E-state index contributed by atoms with van der Waals surface area (Å²) >= 11 is 0. The number of hydrogen-bond acceptors (Lipinski definition) is 3. The SMILES string of the molecule is CCNCC(=Cc1cccc(OC)c1OC(F)F)CC. The van der Waals surface area contributed by atoms with Gasteiger partial charge in [0.15, 0.2) is 11.5 Å². The predicted octanol–water partition coefficient (Wildman–Crippen LogP) is 3.70. The topological polar surface area (TPSA) is 30.5 Å². The second-order valence-corrected chi connectivity index (χ2v) is 4.19. The molecule has 0 saturated carbocycles. The minimum Gasteiger partial charge on any atom is -0.493 e. The second-order valence-electron chi connectivity index (χ2n) is 4.19. The molecule has 0 saturated heterocycles. The zero-order chi connectivity index (χ0) is 15.0. The molecule has 0 heterocycles. The smallest absolute Gasteiger partial charge is 0.387 e. The van der Waals surface area contributed by atoms with Crippen LogP contribution in [0.3, 0.4) is 0 Å². The quantitative estimate of drug-likeness (QED) is 0.790. The number of halogens is 2. The van der Waals surface area contributed by atoms with Crippen molar-refractivity contribution in [2.24, 2.45) is 0 Å². The lowest BCUT2D eigenvalue weighted by Gasteiger charge is -2.13. The first kappa shape index (κ1) is 16.4. The number of rotatable bonds is 8. The van der Waals surface area contributed by atoms with E-state index in [1.54, 1.807) is 18.2 Å². The lowest BCUT2D eigenvalue weighted by molar-refractivity contribution is -0.0513. The molecule has 0 spiro atoms. The number of ether oxygens (including phenoxy) is 2. The van der Waals surface area contributed by atoms with Crippen LogP contribution >= 0.6 is 0 Å². The third-order valence-electron chi connectivity index (χ3n) is 2.85. The highest BCUT2D eigenvalue weighted by molar-refractivity contribution is 5.64. The Morgan fingerprint density at radius 2 is 2.10 bits per heavy atom. The maximum atomic E-state index is 12.5. The van der Waals surface area contributed by atoms with Gasteiger partial charge in [-0.2, -0.15) is 8.78 Å². The van der Waals surface area contributed by atoms with Crippen LogP contribution in [-0.2, 0) is 0 Å². The Balaban J connectivity index is 3.11. The minimum absolute atomic E-state index is 0.0763. The largest absolute Gasteiger partial charge is 0.493 e. The highest BCUT2D eigenvalue weighted by Crippen LogP contribution is 2.34. The average Bonchev–Trinajstić information content (AvgIpc) is 2.44. The Labute approximate surface area is 118 Å². The Kier molecular flexibility index (Phi) is 7.01. The zero-order valence-electron chi connectivity index (χ0n) is 12.1. The Morgan fingerprint density at radius 3 is 2.65 bits per heavy atom. The van der Waals surface area contributed by atoms with Crippen LogP contribution in [0.15, 0.2) is 23.8 Å². The van der Waals surface area contributed by atoms with Gasteiger partial charge in [-0.15, -0.1) is 0 Å². The first-order valence-corrected chi connectivity index (χ1v) is 6.64. The van der Waals surface area contributed by atoms with Crippen LogP contribution in [0.4, 0.5) is 8.78 Å². The third-order valence-corrected chi connectivity index (χ3v) is 2.85. The molecule has 0 bridgehead atoms. The molecule has 1 N–H and O–H groups in total. The molecule has 1 rings (SSSR count). The van der Waals surface area contributed by atoms with Crippen molar-refractivity contribution in [3.63, 3.8) is 0 Å². The standard InChI is InChI=1S/C15H21F2NO2/c1-4-11(10-18-5-2)9-12-7-6-8-13(19-3)14(12)20-15(16)17/h6-9,15,18H,4-5,10H2,1-3H3. The lowest BCUT2D eigenvalue weighted by atomic mass is 10.1. The maximum absolute atomic E-state index is 12.5. The molecule has 1 aromatic carbocycles. The maximum Gasteiger partial charge on any atom is 0.387 e. The van der Waals surface area contributed by atoms with Gasteiger partial charge in [0.1, 0.15) is 0 Å². The van der Waals surface area contributed by atoms with Crippen molar-refractivity contribution in [3.8, 4) is 11.5 Å². The van der Waals surface area contributed by atoms with Gasteiger partial charge < -0.3 is 14.8 Å². The molecule has 0 radical (unpaired) electrons. The van der Waals surface area contributed by atoms with Crippen LogP contribution in [0.5, 0.6) is 11.5 Å². The molecule has 0 fully saturated rings. The lowest BCUT2D eigenvalue weighted by Crippen LogP contribution is -2.15. The molecule has 0 aliphatic rings. The van der Waals surface area contributed by atoms with Crippen LogP contribution in [0.25, 0.3) is 6.08 Å². The van der Waals surface area contributed by atoms with Crippen LogP contribution < -0.4 is 14.8 Å². The number of alkyl halides is 2. The van der Waals surface area contributed by atoms with Crippen molar-refractivity contribution in [2.75, 3.05) is 20.2 Å². The van der Waals surface area contributed by atoms with Crippen LogP contribution in [0.1, 0.15) is 25.8 Å². The molecule has 0 atom stereocenters. The fourth-order valence-electron chi connectivity index (χ4n) is 1.81. The van der Waals surface area contributed by atoms with E-state index in [2.05, 4.69) is 10.1 Å². The second kappa shape index (κ2) is 8.53. The summed E-state index contributed by atoms with van der Waals surface area (Å²) in [5.74, 6) is 0.380. The molecule has 3 nitrogen and oxygen atoms in total. The van der Waals surface area contributed by atoms with Gasteiger partial charge in [-0.05, 0) is 19.0 Å². The highest BCUT2D eigenvalue weighted by Gasteiger charge is 2.14. The minimum atomic E-state index is -2.88. The summed E-state index contributed by atoms with van der Waals surface area (Å²) in [6.45, 7) is 2.74. The van der Waals surface area contributed by atoms with E-state index in [1.165, 1.54) is 7.11 Å². The predicted molar refractivity (Wildman–Crippen MR) is 76.4 cm³/mol. The summed E-state index contributed by atoms with van der Waals surface area (Å²) in [5, 5.41) is 3.22. The van der Waals surface area contributed by atoms with E-state index >= 15 is 0 Å². The van der Waals surface area contributed by atoms with Gasteiger partial charge in [0, 0.05) is 12.1 Å². The van der Waals surface area contributed by atoms with Crippen molar-refractivity contribution >= 4 is 6.08 Å². The van der Waals surface area contributed by atoms with Gasteiger partial charge >= 0.3 is 6.61 Å². The fraction of sp³-hybridized carbons (Fsp3) is 0.467. The molecule has 0 aliphatic heterocycles. The van der Waals surface area contributed by atoms with Crippen molar-refractivity contribution in [2.45, 2.75) is 26.9 Å². The summed E-state index contributed by atoms with van der Waals surface area (Å²) in [5.41, 5.74) is 1.71. The number of para-hydroxylation sites is 1. The highest BCUT2D eigenvalue weighted by atomic mass is 19.3. The van der Waals surface area contributed by atoms with Crippen molar-refractivity contribution in [1.82, 2.24) is 5.32 Å². The fourth-order valence-corrected chi connectivity index (χ4v) is 1.81. The van der Waals surface area contributed by atoms with Crippen molar-refractivity contribution in [3.05, 3.63) is 29.3 Å².